The molecule has 1 atom stereocenters. The summed E-state index contributed by atoms with van der Waals surface area (Å²) in [5, 5.41) is 14.1. The number of phenolic OH excluding ortho intramolecular Hbond substituents is 1. The Hall–Kier alpha value is -1.22. The molecule has 18 heavy (non-hydrogen) atoms. The molecule has 2 heterocycles. The van der Waals surface area contributed by atoms with E-state index < -0.39 is 0 Å². The maximum Gasteiger partial charge on any atom is 0.125 e. The molecule has 0 aromatic heterocycles. The number of nitrogens with zero attached hydrogens (tertiary/aromatic N) is 1. The lowest BCUT2D eigenvalue weighted by Gasteiger charge is -2.31. The van der Waals surface area contributed by atoms with Crippen LogP contribution in [0.2, 0.25) is 0 Å². The third-order valence-electron chi connectivity index (χ3n) is 4.31. The molecule has 0 bridgehead atoms. The normalized spacial score (nSPS) is 23.8. The van der Waals surface area contributed by atoms with Crippen LogP contribution in [0.15, 0.2) is 12.1 Å². The molecular formula is C15H22N2O. The van der Waals surface area contributed by atoms with Gasteiger partial charge in [-0.05, 0) is 38.3 Å². The molecule has 2 aliphatic heterocycles. The van der Waals surface area contributed by atoms with E-state index in [0.717, 1.165) is 43.5 Å². The number of phenols is 1. The Morgan fingerprint density at radius 1 is 1.28 bits per heavy atom. The minimum Gasteiger partial charge on any atom is -0.507 e. The minimum absolute atomic E-state index is 0.344. The van der Waals surface area contributed by atoms with Crippen molar-refractivity contribution in [3.63, 3.8) is 0 Å². The summed E-state index contributed by atoms with van der Waals surface area (Å²) in [6.07, 6.45) is 5.80. The second kappa shape index (κ2) is 4.81. The molecule has 3 nitrogen and oxygen atoms in total. The van der Waals surface area contributed by atoms with E-state index in [0.29, 0.717) is 11.8 Å². The molecule has 1 saturated heterocycles. The van der Waals surface area contributed by atoms with E-state index in [4.69, 9.17) is 0 Å². The average molecular weight is 246 g/mol. The van der Waals surface area contributed by atoms with Gasteiger partial charge in [-0.15, -0.1) is 0 Å². The van der Waals surface area contributed by atoms with E-state index in [9.17, 15) is 5.11 Å². The number of benzene rings is 1. The van der Waals surface area contributed by atoms with Crippen LogP contribution < -0.4 is 10.2 Å². The number of anilines is 1. The van der Waals surface area contributed by atoms with Gasteiger partial charge < -0.3 is 15.3 Å². The summed E-state index contributed by atoms with van der Waals surface area (Å²) < 4.78 is 0. The summed E-state index contributed by atoms with van der Waals surface area (Å²) >= 11 is 0. The smallest absolute Gasteiger partial charge is 0.125 e. The van der Waals surface area contributed by atoms with Crippen LogP contribution in [-0.4, -0.2) is 25.2 Å². The second-order valence-electron chi connectivity index (χ2n) is 5.53. The summed E-state index contributed by atoms with van der Waals surface area (Å²) in [5.41, 5.74) is 3.45. The van der Waals surface area contributed by atoms with E-state index in [2.05, 4.69) is 29.4 Å². The molecule has 0 radical (unpaired) electrons. The van der Waals surface area contributed by atoms with E-state index in [1.54, 1.807) is 0 Å². The molecule has 98 valence electrons. The highest BCUT2D eigenvalue weighted by Crippen LogP contribution is 2.39. The first kappa shape index (κ1) is 11.8. The fourth-order valence-corrected chi connectivity index (χ4v) is 3.26. The first-order valence-electron chi connectivity index (χ1n) is 7.06. The van der Waals surface area contributed by atoms with E-state index in [1.807, 2.05) is 0 Å². The molecule has 0 amide bonds. The summed E-state index contributed by atoms with van der Waals surface area (Å²) in [5.74, 6) is 0.540. The number of rotatable bonds is 1. The van der Waals surface area contributed by atoms with Crippen molar-refractivity contribution in [2.24, 2.45) is 0 Å². The highest BCUT2D eigenvalue weighted by molar-refractivity contribution is 5.63. The summed E-state index contributed by atoms with van der Waals surface area (Å²) in [6.45, 7) is 2.16. The van der Waals surface area contributed by atoms with Crippen molar-refractivity contribution in [3.8, 4) is 5.75 Å². The van der Waals surface area contributed by atoms with E-state index in [1.165, 1.54) is 18.5 Å². The molecular weight excluding hydrogens is 224 g/mol. The first-order chi connectivity index (χ1) is 8.77. The highest BCUT2D eigenvalue weighted by Gasteiger charge is 2.23. The fraction of sp³-hybridized carbons (Fsp3) is 0.600. The molecule has 1 unspecified atom stereocenters. The Labute approximate surface area is 109 Å². The molecule has 3 heteroatoms. The Kier molecular flexibility index (Phi) is 3.16. The van der Waals surface area contributed by atoms with Crippen molar-refractivity contribution in [2.45, 2.75) is 38.1 Å². The third kappa shape index (κ3) is 1.97. The van der Waals surface area contributed by atoms with Gasteiger partial charge in [0.1, 0.15) is 5.75 Å². The van der Waals surface area contributed by atoms with Gasteiger partial charge in [-0.3, -0.25) is 0 Å². The van der Waals surface area contributed by atoms with Crippen LogP contribution in [-0.2, 0) is 6.42 Å². The summed E-state index contributed by atoms with van der Waals surface area (Å²) in [6, 6.07) is 4.63. The number of fused-ring (bicyclic) bond motifs is 1. The lowest BCUT2D eigenvalue weighted by Crippen LogP contribution is -2.28. The topological polar surface area (TPSA) is 35.5 Å². The van der Waals surface area contributed by atoms with Crippen molar-refractivity contribution in [3.05, 3.63) is 23.3 Å². The van der Waals surface area contributed by atoms with Crippen LogP contribution in [0.1, 0.15) is 42.9 Å². The molecule has 0 saturated carbocycles. The third-order valence-corrected chi connectivity index (χ3v) is 4.31. The quantitative estimate of drug-likeness (QED) is 0.799. The predicted molar refractivity (Wildman–Crippen MR) is 74.3 cm³/mol. The summed E-state index contributed by atoms with van der Waals surface area (Å²) in [7, 11) is 2.11. The van der Waals surface area contributed by atoms with Crippen LogP contribution in [0.5, 0.6) is 5.75 Å². The van der Waals surface area contributed by atoms with Gasteiger partial charge in [0.05, 0.1) is 0 Å². The Morgan fingerprint density at radius 2 is 2.17 bits per heavy atom. The summed E-state index contributed by atoms with van der Waals surface area (Å²) in [4.78, 5) is 2.25. The van der Waals surface area contributed by atoms with Gasteiger partial charge in [-0.25, -0.2) is 0 Å². The number of aromatic hydroxyl groups is 1. The number of piperidine rings is 1. The molecule has 0 spiro atoms. The van der Waals surface area contributed by atoms with Gasteiger partial charge in [-0.2, -0.15) is 0 Å². The Balaban J connectivity index is 1.96. The largest absolute Gasteiger partial charge is 0.507 e. The predicted octanol–water partition coefficient (Wildman–Crippen LogP) is 2.59. The number of hydrogen-bond donors (Lipinski definition) is 2. The number of hydrogen-bond acceptors (Lipinski definition) is 3. The lowest BCUT2D eigenvalue weighted by molar-refractivity contribution is 0.388. The molecule has 2 N–H and O–H groups in total. The molecule has 1 aromatic rings. The van der Waals surface area contributed by atoms with Crippen LogP contribution in [0.3, 0.4) is 0 Å². The maximum atomic E-state index is 10.5. The minimum atomic E-state index is 0.344. The van der Waals surface area contributed by atoms with Gasteiger partial charge in [-0.1, -0.05) is 12.5 Å². The van der Waals surface area contributed by atoms with E-state index in [-0.39, 0.29) is 0 Å². The zero-order valence-corrected chi connectivity index (χ0v) is 11.1. The van der Waals surface area contributed by atoms with Gasteiger partial charge in [0, 0.05) is 36.4 Å². The van der Waals surface area contributed by atoms with Crippen molar-refractivity contribution in [1.29, 1.82) is 0 Å². The maximum absolute atomic E-state index is 10.5. The Morgan fingerprint density at radius 3 is 2.94 bits per heavy atom. The van der Waals surface area contributed by atoms with Crippen LogP contribution >= 0.6 is 0 Å². The standard InChI is InChI=1S/C15H22N2O/c1-17-10-4-5-12-14(17)8-7-11(15(12)18)13-6-2-3-9-16-13/h7-8,13,16,18H,2-6,9-10H2,1H3. The lowest BCUT2D eigenvalue weighted by atomic mass is 9.91. The van der Waals surface area contributed by atoms with Crippen molar-refractivity contribution < 1.29 is 5.11 Å². The van der Waals surface area contributed by atoms with Crippen molar-refractivity contribution in [2.75, 3.05) is 25.0 Å². The average Bonchev–Trinajstić information content (AvgIpc) is 2.41. The first-order valence-corrected chi connectivity index (χ1v) is 7.06. The van der Waals surface area contributed by atoms with Crippen LogP contribution in [0.25, 0.3) is 0 Å². The molecule has 1 fully saturated rings. The van der Waals surface area contributed by atoms with Crippen LogP contribution in [0.4, 0.5) is 5.69 Å². The zero-order chi connectivity index (χ0) is 12.5. The Bertz CT molecular complexity index is 438. The van der Waals surface area contributed by atoms with Crippen molar-refractivity contribution in [1.82, 2.24) is 5.32 Å². The van der Waals surface area contributed by atoms with Gasteiger partial charge in [0.25, 0.3) is 0 Å². The zero-order valence-electron chi connectivity index (χ0n) is 11.1. The highest BCUT2D eigenvalue weighted by atomic mass is 16.3. The number of nitrogens with one attached hydrogen (secondary N) is 1. The molecule has 2 aliphatic rings. The molecule has 1 aromatic carbocycles. The molecule has 3 rings (SSSR count). The van der Waals surface area contributed by atoms with E-state index >= 15 is 0 Å². The molecule has 0 aliphatic carbocycles. The second-order valence-corrected chi connectivity index (χ2v) is 5.53. The van der Waals surface area contributed by atoms with Gasteiger partial charge in [0.2, 0.25) is 0 Å². The monoisotopic (exact) mass is 246 g/mol. The van der Waals surface area contributed by atoms with Crippen molar-refractivity contribution >= 4 is 5.69 Å². The van der Waals surface area contributed by atoms with Gasteiger partial charge in [0.15, 0.2) is 0 Å². The fourth-order valence-electron chi connectivity index (χ4n) is 3.26. The van der Waals surface area contributed by atoms with Gasteiger partial charge >= 0.3 is 0 Å². The SMILES string of the molecule is CN1CCCc2c1ccc(C1CCCCN1)c2O. The van der Waals surface area contributed by atoms with Crippen LogP contribution in [0, 0.1) is 0 Å².